The van der Waals surface area contributed by atoms with Gasteiger partial charge in [-0.05, 0) is 36.6 Å². The molecule has 2 aromatic heterocycles. The fraction of sp³-hybridized carbons (Fsp3) is 0.368. The summed E-state index contributed by atoms with van der Waals surface area (Å²) in [5, 5.41) is 6.49. The van der Waals surface area contributed by atoms with E-state index < -0.39 is 11.9 Å². The fourth-order valence-corrected chi connectivity index (χ4v) is 3.63. The number of anilines is 1. The van der Waals surface area contributed by atoms with E-state index in [0.717, 1.165) is 42.5 Å². The van der Waals surface area contributed by atoms with Crippen LogP contribution in [0.4, 0.5) is 18.9 Å². The number of ether oxygens (including phenoxy) is 1. The Morgan fingerprint density at radius 3 is 2.67 bits per heavy atom. The number of benzene rings is 1. The highest BCUT2D eigenvalue weighted by Gasteiger charge is 2.36. The Hall–Kier alpha value is -2.61. The van der Waals surface area contributed by atoms with Crippen molar-refractivity contribution in [2.45, 2.75) is 25.1 Å². The van der Waals surface area contributed by atoms with Crippen LogP contribution in [-0.2, 0) is 10.9 Å². The zero-order valence-electron chi connectivity index (χ0n) is 14.8. The summed E-state index contributed by atoms with van der Waals surface area (Å²) in [6.07, 6.45) is 0.550. The molecule has 0 unspecified atom stereocenters. The van der Waals surface area contributed by atoms with E-state index in [4.69, 9.17) is 4.74 Å². The molecule has 0 saturated carbocycles. The molecule has 0 spiro atoms. The van der Waals surface area contributed by atoms with Crippen LogP contribution in [0, 0.1) is 0 Å². The lowest BCUT2D eigenvalue weighted by Crippen LogP contribution is -2.36. The molecule has 1 aliphatic heterocycles. The predicted octanol–water partition coefficient (Wildman–Crippen LogP) is 4.26. The van der Waals surface area contributed by atoms with E-state index >= 15 is 0 Å². The molecule has 1 N–H and O–H groups in total. The minimum Gasteiger partial charge on any atom is -0.381 e. The van der Waals surface area contributed by atoms with Gasteiger partial charge in [0.1, 0.15) is 5.69 Å². The summed E-state index contributed by atoms with van der Waals surface area (Å²) < 4.78 is 45.1. The van der Waals surface area contributed by atoms with Crippen LogP contribution in [0.15, 0.2) is 36.7 Å². The highest BCUT2D eigenvalue weighted by molar-refractivity contribution is 5.95. The molecule has 1 aromatic carbocycles. The molecule has 3 heterocycles. The molecule has 0 radical (unpaired) electrons. The zero-order valence-corrected chi connectivity index (χ0v) is 14.8. The number of H-pyrrole nitrogens is 1. The van der Waals surface area contributed by atoms with Gasteiger partial charge in [-0.3, -0.25) is 10.1 Å². The van der Waals surface area contributed by atoms with Crippen LogP contribution in [0.3, 0.4) is 0 Å². The lowest BCUT2D eigenvalue weighted by Gasteiger charge is -2.33. The Balaban J connectivity index is 1.76. The SMILES string of the molecule is COC1CCN(c2ccnc3ccc(-c4cn[nH]c4C(F)(F)F)cc23)CC1. The summed E-state index contributed by atoms with van der Waals surface area (Å²) in [6.45, 7) is 1.67. The predicted molar refractivity (Wildman–Crippen MR) is 96.6 cm³/mol. The van der Waals surface area contributed by atoms with Crippen LogP contribution < -0.4 is 4.90 Å². The number of nitrogens with zero attached hydrogens (tertiary/aromatic N) is 3. The number of hydrogen-bond acceptors (Lipinski definition) is 4. The molecule has 5 nitrogen and oxygen atoms in total. The summed E-state index contributed by atoms with van der Waals surface area (Å²) in [4.78, 5) is 6.60. The molecule has 1 saturated heterocycles. The molecular weight excluding hydrogens is 357 g/mol. The minimum absolute atomic E-state index is 0.0392. The van der Waals surface area contributed by atoms with Crippen LogP contribution in [-0.4, -0.2) is 41.5 Å². The monoisotopic (exact) mass is 376 g/mol. The normalized spacial score (nSPS) is 16.2. The Kier molecular flexibility index (Phi) is 4.51. The average molecular weight is 376 g/mol. The minimum atomic E-state index is -4.49. The first-order chi connectivity index (χ1) is 13.0. The van der Waals surface area contributed by atoms with Gasteiger partial charge in [0.05, 0.1) is 17.8 Å². The molecule has 0 atom stereocenters. The third kappa shape index (κ3) is 3.37. The topological polar surface area (TPSA) is 54.0 Å². The highest BCUT2D eigenvalue weighted by atomic mass is 19.4. The lowest BCUT2D eigenvalue weighted by atomic mass is 10.0. The van der Waals surface area contributed by atoms with E-state index in [-0.39, 0.29) is 11.7 Å². The third-order valence-corrected chi connectivity index (χ3v) is 5.07. The van der Waals surface area contributed by atoms with Crippen molar-refractivity contribution >= 4 is 16.6 Å². The van der Waals surface area contributed by atoms with Crippen molar-refractivity contribution in [3.8, 4) is 11.1 Å². The van der Waals surface area contributed by atoms with Gasteiger partial charge in [0.15, 0.2) is 0 Å². The molecule has 1 fully saturated rings. The number of hydrogen-bond donors (Lipinski definition) is 1. The summed E-state index contributed by atoms with van der Waals surface area (Å²) in [6, 6.07) is 7.08. The lowest BCUT2D eigenvalue weighted by molar-refractivity contribution is -0.140. The van der Waals surface area contributed by atoms with Gasteiger partial charge in [0.2, 0.25) is 0 Å². The van der Waals surface area contributed by atoms with Crippen molar-refractivity contribution in [2.24, 2.45) is 0 Å². The Labute approximate surface area is 154 Å². The highest BCUT2D eigenvalue weighted by Crippen LogP contribution is 2.37. The summed E-state index contributed by atoms with van der Waals surface area (Å²) >= 11 is 0. The number of alkyl halides is 3. The van der Waals surface area contributed by atoms with Crippen LogP contribution in [0.2, 0.25) is 0 Å². The van der Waals surface area contributed by atoms with Gasteiger partial charge in [-0.2, -0.15) is 18.3 Å². The molecule has 0 amide bonds. The van der Waals surface area contributed by atoms with Crippen molar-refractivity contribution in [3.05, 3.63) is 42.4 Å². The summed E-state index contributed by atoms with van der Waals surface area (Å²) in [5.41, 5.74) is 1.39. The van der Waals surface area contributed by atoms with E-state index in [1.54, 1.807) is 31.5 Å². The van der Waals surface area contributed by atoms with Gasteiger partial charge in [0.25, 0.3) is 0 Å². The van der Waals surface area contributed by atoms with Gasteiger partial charge in [0, 0.05) is 43.0 Å². The largest absolute Gasteiger partial charge is 0.433 e. The van der Waals surface area contributed by atoms with Gasteiger partial charge >= 0.3 is 6.18 Å². The first kappa shape index (κ1) is 17.8. The second-order valence-electron chi connectivity index (χ2n) is 6.64. The Morgan fingerprint density at radius 1 is 1.19 bits per heavy atom. The number of nitrogens with one attached hydrogen (secondary N) is 1. The van der Waals surface area contributed by atoms with Gasteiger partial charge in [-0.25, -0.2) is 0 Å². The van der Waals surface area contributed by atoms with Crippen LogP contribution in [0.25, 0.3) is 22.0 Å². The van der Waals surface area contributed by atoms with E-state index in [1.165, 1.54) is 6.20 Å². The number of rotatable bonds is 3. The Bertz CT molecular complexity index is 946. The van der Waals surface area contributed by atoms with Crippen LogP contribution >= 0.6 is 0 Å². The molecule has 1 aliphatic rings. The molecular formula is C19H19F3N4O. The number of fused-ring (bicyclic) bond motifs is 1. The van der Waals surface area contributed by atoms with Crippen molar-refractivity contribution < 1.29 is 17.9 Å². The van der Waals surface area contributed by atoms with Gasteiger partial charge < -0.3 is 9.64 Å². The standard InChI is InChI=1S/C19H19F3N4O/c1-27-13-5-8-26(9-6-13)17-4-7-23-16-3-2-12(10-14(16)17)15-11-24-25-18(15)19(20,21)22/h2-4,7,10-11,13H,5-6,8-9H2,1H3,(H,24,25). The number of pyridine rings is 1. The molecule has 8 heteroatoms. The van der Waals surface area contributed by atoms with E-state index in [9.17, 15) is 13.2 Å². The summed E-state index contributed by atoms with van der Waals surface area (Å²) in [5.74, 6) is 0. The van der Waals surface area contributed by atoms with E-state index in [2.05, 4.69) is 20.1 Å². The Morgan fingerprint density at radius 2 is 1.96 bits per heavy atom. The zero-order chi connectivity index (χ0) is 19.0. The number of aromatic amines is 1. The molecule has 142 valence electrons. The van der Waals surface area contributed by atoms with Crippen LogP contribution in [0.5, 0.6) is 0 Å². The van der Waals surface area contributed by atoms with Gasteiger partial charge in [-0.1, -0.05) is 6.07 Å². The van der Waals surface area contributed by atoms with Gasteiger partial charge in [-0.15, -0.1) is 0 Å². The molecule has 0 aliphatic carbocycles. The maximum absolute atomic E-state index is 13.2. The van der Waals surface area contributed by atoms with Crippen molar-refractivity contribution in [1.82, 2.24) is 15.2 Å². The molecule has 27 heavy (non-hydrogen) atoms. The number of halogens is 3. The van der Waals surface area contributed by atoms with Crippen molar-refractivity contribution in [1.29, 1.82) is 0 Å². The molecule has 0 bridgehead atoms. The van der Waals surface area contributed by atoms with E-state index in [1.807, 2.05) is 6.07 Å². The fourth-order valence-electron chi connectivity index (χ4n) is 3.63. The summed E-state index contributed by atoms with van der Waals surface area (Å²) in [7, 11) is 1.72. The maximum atomic E-state index is 13.2. The smallest absolute Gasteiger partial charge is 0.381 e. The van der Waals surface area contributed by atoms with Crippen molar-refractivity contribution in [2.75, 3.05) is 25.1 Å². The molecule has 4 rings (SSSR count). The number of piperidine rings is 1. The number of aromatic nitrogens is 3. The van der Waals surface area contributed by atoms with E-state index in [0.29, 0.717) is 5.56 Å². The first-order valence-corrected chi connectivity index (χ1v) is 8.75. The van der Waals surface area contributed by atoms with Crippen molar-refractivity contribution in [3.63, 3.8) is 0 Å². The second kappa shape index (κ2) is 6.84. The maximum Gasteiger partial charge on any atom is 0.433 e. The second-order valence-corrected chi connectivity index (χ2v) is 6.64. The third-order valence-electron chi connectivity index (χ3n) is 5.07. The first-order valence-electron chi connectivity index (χ1n) is 8.75. The average Bonchev–Trinajstić information content (AvgIpc) is 3.18. The van der Waals surface area contributed by atoms with Crippen LogP contribution in [0.1, 0.15) is 18.5 Å². The quantitative estimate of drug-likeness (QED) is 0.742. The molecule has 3 aromatic rings. The number of methoxy groups -OCH3 is 1.